The van der Waals surface area contributed by atoms with Gasteiger partial charge in [-0.05, 0) is 44.7 Å². The van der Waals surface area contributed by atoms with Crippen LogP contribution in [-0.4, -0.2) is 49.8 Å². The monoisotopic (exact) mass is 272 g/mol. The van der Waals surface area contributed by atoms with E-state index in [0.29, 0.717) is 31.8 Å². The van der Waals surface area contributed by atoms with Crippen molar-refractivity contribution in [2.75, 3.05) is 26.8 Å². The fourth-order valence-corrected chi connectivity index (χ4v) is 2.30. The average molecular weight is 272 g/mol. The zero-order valence-electron chi connectivity index (χ0n) is 11.5. The first-order valence-corrected chi connectivity index (χ1v) is 6.85. The highest BCUT2D eigenvalue weighted by Gasteiger charge is 2.22. The summed E-state index contributed by atoms with van der Waals surface area (Å²) in [5.41, 5.74) is 0. The molecule has 1 saturated heterocycles. The van der Waals surface area contributed by atoms with Gasteiger partial charge in [-0.1, -0.05) is 0 Å². The van der Waals surface area contributed by atoms with E-state index in [1.807, 2.05) is 0 Å². The summed E-state index contributed by atoms with van der Waals surface area (Å²) in [5, 5.41) is 14.9. The number of rotatable bonds is 8. The van der Waals surface area contributed by atoms with E-state index in [4.69, 9.17) is 9.84 Å². The second-order valence-corrected chi connectivity index (χ2v) is 5.01. The van der Waals surface area contributed by atoms with Gasteiger partial charge in [0, 0.05) is 20.1 Å². The van der Waals surface area contributed by atoms with E-state index in [0.717, 1.165) is 25.9 Å². The lowest BCUT2D eigenvalue weighted by atomic mass is 9.95. The Kier molecular flexibility index (Phi) is 7.43. The van der Waals surface area contributed by atoms with Gasteiger partial charge >= 0.3 is 5.97 Å². The number of carboxylic acids is 1. The van der Waals surface area contributed by atoms with Gasteiger partial charge in [-0.25, -0.2) is 4.79 Å². The Bertz CT molecular complexity index is 290. The summed E-state index contributed by atoms with van der Waals surface area (Å²) >= 11 is 0. The summed E-state index contributed by atoms with van der Waals surface area (Å²) in [7, 11) is 1.57. The predicted molar refractivity (Wildman–Crippen MR) is 70.9 cm³/mol. The molecule has 1 fully saturated rings. The molecule has 0 aromatic rings. The van der Waals surface area contributed by atoms with Crippen LogP contribution >= 0.6 is 0 Å². The molecule has 1 aliphatic rings. The maximum atomic E-state index is 11.8. The Morgan fingerprint density at radius 3 is 2.89 bits per heavy atom. The summed E-state index contributed by atoms with van der Waals surface area (Å²) < 4.78 is 4.88. The molecule has 0 aromatic heterocycles. The number of carbonyl (C=O) groups is 2. The van der Waals surface area contributed by atoms with Crippen LogP contribution in [0.5, 0.6) is 0 Å². The highest BCUT2D eigenvalue weighted by Crippen LogP contribution is 2.14. The van der Waals surface area contributed by atoms with E-state index in [2.05, 4.69) is 10.6 Å². The lowest BCUT2D eigenvalue weighted by molar-refractivity contribution is -0.142. The lowest BCUT2D eigenvalue weighted by Crippen LogP contribution is -2.42. The maximum Gasteiger partial charge on any atom is 0.326 e. The quantitative estimate of drug-likeness (QED) is 0.556. The molecule has 0 radical (unpaired) electrons. The number of nitrogens with one attached hydrogen (secondary N) is 2. The van der Waals surface area contributed by atoms with Crippen LogP contribution in [0, 0.1) is 5.92 Å². The van der Waals surface area contributed by atoms with E-state index >= 15 is 0 Å². The van der Waals surface area contributed by atoms with Crippen LogP contribution in [0.25, 0.3) is 0 Å². The first-order valence-electron chi connectivity index (χ1n) is 6.85. The zero-order valence-corrected chi connectivity index (χ0v) is 11.5. The summed E-state index contributed by atoms with van der Waals surface area (Å²) in [6.07, 6.45) is 3.54. The van der Waals surface area contributed by atoms with E-state index < -0.39 is 12.0 Å². The van der Waals surface area contributed by atoms with Crippen molar-refractivity contribution in [2.24, 2.45) is 5.92 Å². The number of carbonyl (C=O) groups excluding carboxylic acids is 1. The second-order valence-electron chi connectivity index (χ2n) is 5.01. The van der Waals surface area contributed by atoms with E-state index in [-0.39, 0.29) is 5.91 Å². The standard InChI is InChI=1S/C13H24N2O4/c1-19-7-3-5-11(13(17)18)15-12(16)8-10-4-2-6-14-9-10/h10-11,14H,2-9H2,1H3,(H,15,16)(H,17,18). The van der Waals surface area contributed by atoms with Crippen LogP contribution in [0.2, 0.25) is 0 Å². The van der Waals surface area contributed by atoms with E-state index in [1.54, 1.807) is 7.11 Å². The van der Waals surface area contributed by atoms with Crippen molar-refractivity contribution in [3.63, 3.8) is 0 Å². The van der Waals surface area contributed by atoms with Crippen LogP contribution in [-0.2, 0) is 14.3 Å². The Balaban J connectivity index is 2.31. The third kappa shape index (κ3) is 6.54. The first kappa shape index (κ1) is 15.9. The molecular weight excluding hydrogens is 248 g/mol. The number of hydrogen-bond acceptors (Lipinski definition) is 4. The summed E-state index contributed by atoms with van der Waals surface area (Å²) in [6, 6.07) is -0.806. The van der Waals surface area contributed by atoms with Crippen LogP contribution in [0.4, 0.5) is 0 Å². The molecule has 1 amide bonds. The smallest absolute Gasteiger partial charge is 0.326 e. The van der Waals surface area contributed by atoms with Gasteiger partial charge in [0.15, 0.2) is 0 Å². The Morgan fingerprint density at radius 1 is 1.53 bits per heavy atom. The maximum absolute atomic E-state index is 11.8. The number of hydrogen-bond donors (Lipinski definition) is 3. The van der Waals surface area contributed by atoms with Crippen LogP contribution in [0.3, 0.4) is 0 Å². The Labute approximate surface area is 113 Å². The fourth-order valence-electron chi connectivity index (χ4n) is 2.30. The molecule has 2 atom stereocenters. The SMILES string of the molecule is COCCCC(NC(=O)CC1CCCNC1)C(=O)O. The van der Waals surface area contributed by atoms with Crippen LogP contribution in [0.15, 0.2) is 0 Å². The molecule has 1 heterocycles. The molecule has 19 heavy (non-hydrogen) atoms. The van der Waals surface area contributed by atoms with Crippen LogP contribution in [0.1, 0.15) is 32.1 Å². The molecule has 0 bridgehead atoms. The van der Waals surface area contributed by atoms with Gasteiger partial charge < -0.3 is 20.5 Å². The number of carboxylic acid groups (broad SMARTS) is 1. The third-order valence-electron chi connectivity index (χ3n) is 3.35. The van der Waals surface area contributed by atoms with Crippen molar-refractivity contribution in [3.05, 3.63) is 0 Å². The van der Waals surface area contributed by atoms with Crippen molar-refractivity contribution in [1.29, 1.82) is 0 Å². The van der Waals surface area contributed by atoms with Gasteiger partial charge in [0.1, 0.15) is 6.04 Å². The summed E-state index contributed by atoms with van der Waals surface area (Å²) in [6.45, 7) is 2.36. The van der Waals surface area contributed by atoms with Gasteiger partial charge in [-0.15, -0.1) is 0 Å². The molecular formula is C13H24N2O4. The predicted octanol–water partition coefficient (Wildman–Crippen LogP) is 0.372. The Hall–Kier alpha value is -1.14. The van der Waals surface area contributed by atoms with Crippen molar-refractivity contribution in [1.82, 2.24) is 10.6 Å². The summed E-state index contributed by atoms with van der Waals surface area (Å²) in [5.74, 6) is -0.827. The van der Waals surface area contributed by atoms with Gasteiger partial charge in [0.2, 0.25) is 5.91 Å². The van der Waals surface area contributed by atoms with Crippen molar-refractivity contribution in [2.45, 2.75) is 38.1 Å². The van der Waals surface area contributed by atoms with Gasteiger partial charge in [-0.2, -0.15) is 0 Å². The molecule has 3 N–H and O–H groups in total. The second kappa shape index (κ2) is 8.87. The highest BCUT2D eigenvalue weighted by molar-refractivity contribution is 5.83. The minimum atomic E-state index is -0.980. The number of methoxy groups -OCH3 is 1. The van der Waals surface area contributed by atoms with Gasteiger partial charge in [0.25, 0.3) is 0 Å². The molecule has 6 heteroatoms. The average Bonchev–Trinajstić information content (AvgIpc) is 2.38. The normalized spacial score (nSPS) is 20.8. The van der Waals surface area contributed by atoms with Crippen LogP contribution < -0.4 is 10.6 Å². The van der Waals surface area contributed by atoms with Gasteiger partial charge in [-0.3, -0.25) is 4.79 Å². The number of ether oxygens (including phenoxy) is 1. The molecule has 1 rings (SSSR count). The lowest BCUT2D eigenvalue weighted by Gasteiger charge is -2.23. The van der Waals surface area contributed by atoms with Crippen molar-refractivity contribution >= 4 is 11.9 Å². The minimum Gasteiger partial charge on any atom is -0.480 e. The van der Waals surface area contributed by atoms with Gasteiger partial charge in [0.05, 0.1) is 0 Å². The number of piperidine rings is 1. The van der Waals surface area contributed by atoms with E-state index in [1.165, 1.54) is 0 Å². The highest BCUT2D eigenvalue weighted by atomic mass is 16.5. The third-order valence-corrected chi connectivity index (χ3v) is 3.35. The van der Waals surface area contributed by atoms with E-state index in [9.17, 15) is 9.59 Å². The minimum absolute atomic E-state index is 0.168. The zero-order chi connectivity index (χ0) is 14.1. The Morgan fingerprint density at radius 2 is 2.32 bits per heavy atom. The molecule has 0 saturated carbocycles. The molecule has 0 aromatic carbocycles. The molecule has 0 spiro atoms. The number of aliphatic carboxylic acids is 1. The topological polar surface area (TPSA) is 87.7 Å². The first-order chi connectivity index (χ1) is 9.13. The van der Waals surface area contributed by atoms with Crippen molar-refractivity contribution in [3.8, 4) is 0 Å². The molecule has 6 nitrogen and oxygen atoms in total. The molecule has 2 unspecified atom stereocenters. The molecule has 110 valence electrons. The molecule has 0 aliphatic carbocycles. The molecule has 1 aliphatic heterocycles. The summed E-state index contributed by atoms with van der Waals surface area (Å²) in [4.78, 5) is 22.9. The fraction of sp³-hybridized carbons (Fsp3) is 0.846. The van der Waals surface area contributed by atoms with Crippen molar-refractivity contribution < 1.29 is 19.4 Å². The largest absolute Gasteiger partial charge is 0.480 e. The number of amides is 1.